The Morgan fingerprint density at radius 1 is 1.19 bits per heavy atom. The van der Waals surface area contributed by atoms with Gasteiger partial charge in [-0.25, -0.2) is 0 Å². The highest BCUT2D eigenvalue weighted by Crippen LogP contribution is 2.26. The largest absolute Gasteiger partial charge is 0.495 e. The zero-order chi connectivity index (χ0) is 15.2. The van der Waals surface area contributed by atoms with Crippen molar-refractivity contribution in [1.29, 1.82) is 0 Å². The molecule has 0 fully saturated rings. The number of hydrogen-bond acceptors (Lipinski definition) is 2. The van der Waals surface area contributed by atoms with Crippen LogP contribution in [0, 0.1) is 6.92 Å². The predicted octanol–water partition coefficient (Wildman–Crippen LogP) is 4.14. The van der Waals surface area contributed by atoms with Crippen molar-refractivity contribution in [2.75, 3.05) is 12.4 Å². The predicted molar refractivity (Wildman–Crippen MR) is 85.8 cm³/mol. The van der Waals surface area contributed by atoms with Crippen molar-refractivity contribution in [3.8, 4) is 5.75 Å². The molecule has 110 valence electrons. The summed E-state index contributed by atoms with van der Waals surface area (Å²) in [4.78, 5) is 12.2. The molecule has 2 rings (SSSR count). The average Bonchev–Trinajstić information content (AvgIpc) is 2.48. The van der Waals surface area contributed by atoms with Crippen LogP contribution in [-0.2, 0) is 4.79 Å². The van der Waals surface area contributed by atoms with Gasteiger partial charge in [-0.2, -0.15) is 0 Å². The van der Waals surface area contributed by atoms with E-state index < -0.39 is 0 Å². The topological polar surface area (TPSA) is 38.3 Å². The summed E-state index contributed by atoms with van der Waals surface area (Å²) in [5.74, 6) is 0.860. The third-order valence-electron chi connectivity index (χ3n) is 3.49. The first-order valence-corrected chi connectivity index (χ1v) is 7.09. The first kappa shape index (κ1) is 15.1. The zero-order valence-corrected chi connectivity index (χ0v) is 12.7. The van der Waals surface area contributed by atoms with Gasteiger partial charge >= 0.3 is 0 Å². The Morgan fingerprint density at radius 2 is 1.90 bits per heavy atom. The van der Waals surface area contributed by atoms with Crippen LogP contribution in [-0.4, -0.2) is 13.0 Å². The Balaban J connectivity index is 2.04. The SMILES string of the molecule is COc1ccc(C)cc1NC(=O)C[C@H](C)c1ccccc1. The number of anilines is 1. The Hall–Kier alpha value is -2.29. The maximum Gasteiger partial charge on any atom is 0.225 e. The van der Waals surface area contributed by atoms with Crippen LogP contribution in [0.15, 0.2) is 48.5 Å². The molecule has 0 radical (unpaired) electrons. The number of rotatable bonds is 5. The van der Waals surface area contributed by atoms with Crippen molar-refractivity contribution in [2.24, 2.45) is 0 Å². The molecule has 0 saturated heterocycles. The molecule has 0 aromatic heterocycles. The first-order valence-electron chi connectivity index (χ1n) is 7.09. The molecule has 1 amide bonds. The third-order valence-corrected chi connectivity index (χ3v) is 3.49. The van der Waals surface area contributed by atoms with E-state index in [2.05, 4.69) is 12.2 Å². The lowest BCUT2D eigenvalue weighted by atomic mass is 9.97. The average molecular weight is 283 g/mol. The van der Waals surface area contributed by atoms with Gasteiger partial charge in [0.2, 0.25) is 5.91 Å². The highest BCUT2D eigenvalue weighted by molar-refractivity contribution is 5.92. The van der Waals surface area contributed by atoms with E-state index in [1.807, 2.05) is 55.5 Å². The van der Waals surface area contributed by atoms with Gasteiger partial charge < -0.3 is 10.1 Å². The molecule has 0 heterocycles. The minimum atomic E-state index is -0.00440. The normalized spacial score (nSPS) is 11.8. The molecule has 3 heteroatoms. The van der Waals surface area contributed by atoms with Crippen LogP contribution in [0.4, 0.5) is 5.69 Å². The molecule has 0 spiro atoms. The van der Waals surface area contributed by atoms with Gasteiger partial charge in [-0.05, 0) is 36.1 Å². The molecule has 0 bridgehead atoms. The summed E-state index contributed by atoms with van der Waals surface area (Å²) >= 11 is 0. The Bertz CT molecular complexity index is 608. The number of carbonyl (C=O) groups excluding carboxylic acids is 1. The van der Waals surface area contributed by atoms with Crippen molar-refractivity contribution < 1.29 is 9.53 Å². The standard InChI is InChI=1S/C18H21NO2/c1-13-9-10-17(21-3)16(11-13)19-18(20)12-14(2)15-7-5-4-6-8-15/h4-11,14H,12H2,1-3H3,(H,19,20)/t14-/m0/s1. The molecule has 0 aliphatic heterocycles. The van der Waals surface area contributed by atoms with E-state index in [4.69, 9.17) is 4.74 Å². The fourth-order valence-electron chi connectivity index (χ4n) is 2.30. The fraction of sp³-hybridized carbons (Fsp3) is 0.278. The van der Waals surface area contributed by atoms with Crippen molar-refractivity contribution in [1.82, 2.24) is 0 Å². The lowest BCUT2D eigenvalue weighted by Crippen LogP contribution is -2.15. The van der Waals surface area contributed by atoms with E-state index in [1.54, 1.807) is 7.11 Å². The second kappa shape index (κ2) is 6.93. The minimum Gasteiger partial charge on any atom is -0.495 e. The smallest absolute Gasteiger partial charge is 0.225 e. The molecule has 21 heavy (non-hydrogen) atoms. The highest BCUT2D eigenvalue weighted by atomic mass is 16.5. The van der Waals surface area contributed by atoms with E-state index >= 15 is 0 Å². The Labute approximate surface area is 126 Å². The molecule has 2 aromatic carbocycles. The van der Waals surface area contributed by atoms with Crippen LogP contribution in [0.5, 0.6) is 5.75 Å². The molecule has 0 saturated carbocycles. The third kappa shape index (κ3) is 4.09. The number of aryl methyl sites for hydroxylation is 1. The van der Waals surface area contributed by atoms with Gasteiger partial charge in [0.05, 0.1) is 12.8 Å². The number of nitrogens with one attached hydrogen (secondary N) is 1. The van der Waals surface area contributed by atoms with Crippen LogP contribution in [0.25, 0.3) is 0 Å². The van der Waals surface area contributed by atoms with Gasteiger partial charge in [0, 0.05) is 6.42 Å². The molecule has 0 unspecified atom stereocenters. The first-order chi connectivity index (χ1) is 10.1. The Morgan fingerprint density at radius 3 is 2.57 bits per heavy atom. The summed E-state index contributed by atoms with van der Waals surface area (Å²) in [5, 5.41) is 2.94. The molecule has 1 atom stereocenters. The van der Waals surface area contributed by atoms with Crippen molar-refractivity contribution in [3.63, 3.8) is 0 Å². The second-order valence-electron chi connectivity index (χ2n) is 5.27. The maximum absolute atomic E-state index is 12.2. The number of benzene rings is 2. The molecular formula is C18H21NO2. The monoisotopic (exact) mass is 283 g/mol. The number of amides is 1. The van der Waals surface area contributed by atoms with E-state index in [1.165, 1.54) is 5.56 Å². The van der Waals surface area contributed by atoms with Gasteiger partial charge in [0.15, 0.2) is 0 Å². The molecular weight excluding hydrogens is 262 g/mol. The summed E-state index contributed by atoms with van der Waals surface area (Å²) in [6.45, 7) is 4.05. The van der Waals surface area contributed by atoms with Crippen LogP contribution in [0.1, 0.15) is 30.4 Å². The van der Waals surface area contributed by atoms with Gasteiger partial charge in [0.1, 0.15) is 5.75 Å². The summed E-state index contributed by atoms with van der Waals surface area (Å²) in [6.07, 6.45) is 0.446. The molecule has 1 N–H and O–H groups in total. The summed E-state index contributed by atoms with van der Waals surface area (Å²) in [7, 11) is 1.60. The summed E-state index contributed by atoms with van der Waals surface area (Å²) < 4.78 is 5.28. The van der Waals surface area contributed by atoms with Crippen LogP contribution >= 0.6 is 0 Å². The van der Waals surface area contributed by atoms with Crippen LogP contribution < -0.4 is 10.1 Å². The van der Waals surface area contributed by atoms with E-state index in [-0.39, 0.29) is 11.8 Å². The summed E-state index contributed by atoms with van der Waals surface area (Å²) in [6, 6.07) is 15.8. The van der Waals surface area contributed by atoms with Gasteiger partial charge in [-0.15, -0.1) is 0 Å². The number of ether oxygens (including phenoxy) is 1. The van der Waals surface area contributed by atoms with Crippen molar-refractivity contribution >= 4 is 11.6 Å². The Kier molecular flexibility index (Phi) is 4.99. The van der Waals surface area contributed by atoms with Gasteiger partial charge in [-0.3, -0.25) is 4.79 Å². The highest BCUT2D eigenvalue weighted by Gasteiger charge is 2.13. The molecule has 3 nitrogen and oxygen atoms in total. The lowest BCUT2D eigenvalue weighted by molar-refractivity contribution is -0.116. The zero-order valence-electron chi connectivity index (χ0n) is 12.7. The molecule has 0 aliphatic carbocycles. The van der Waals surface area contributed by atoms with Gasteiger partial charge in [0.25, 0.3) is 0 Å². The van der Waals surface area contributed by atoms with Gasteiger partial charge in [-0.1, -0.05) is 43.3 Å². The number of hydrogen-bond donors (Lipinski definition) is 1. The van der Waals surface area contributed by atoms with E-state index in [0.717, 1.165) is 11.3 Å². The van der Waals surface area contributed by atoms with Crippen molar-refractivity contribution in [3.05, 3.63) is 59.7 Å². The van der Waals surface area contributed by atoms with Crippen molar-refractivity contribution in [2.45, 2.75) is 26.2 Å². The van der Waals surface area contributed by atoms with Crippen LogP contribution in [0.3, 0.4) is 0 Å². The van der Waals surface area contributed by atoms with E-state index in [9.17, 15) is 4.79 Å². The van der Waals surface area contributed by atoms with Crippen LogP contribution in [0.2, 0.25) is 0 Å². The quantitative estimate of drug-likeness (QED) is 0.895. The summed E-state index contributed by atoms with van der Waals surface area (Å²) in [5.41, 5.74) is 2.98. The molecule has 2 aromatic rings. The fourth-order valence-corrected chi connectivity index (χ4v) is 2.30. The number of carbonyl (C=O) groups is 1. The molecule has 0 aliphatic rings. The lowest BCUT2D eigenvalue weighted by Gasteiger charge is -2.14. The number of methoxy groups -OCH3 is 1. The second-order valence-corrected chi connectivity index (χ2v) is 5.27. The van der Waals surface area contributed by atoms with E-state index in [0.29, 0.717) is 12.2 Å². The minimum absolute atomic E-state index is 0.00440. The maximum atomic E-state index is 12.2.